The van der Waals surface area contributed by atoms with Gasteiger partial charge in [0.2, 0.25) is 5.91 Å². The van der Waals surface area contributed by atoms with Crippen molar-refractivity contribution in [3.8, 4) is 0 Å². The minimum atomic E-state index is -0.327. The van der Waals surface area contributed by atoms with Crippen LogP contribution in [0.25, 0.3) is 0 Å². The lowest BCUT2D eigenvalue weighted by molar-refractivity contribution is -0.122. The second-order valence-corrected chi connectivity index (χ2v) is 4.43. The van der Waals surface area contributed by atoms with Crippen molar-refractivity contribution in [2.24, 2.45) is 17.6 Å². The fourth-order valence-corrected chi connectivity index (χ4v) is 2.07. The Balaban J connectivity index is 2.22. The van der Waals surface area contributed by atoms with Crippen molar-refractivity contribution in [2.45, 2.75) is 45.6 Å². The molecule has 1 amide bonds. The van der Waals surface area contributed by atoms with Crippen molar-refractivity contribution in [2.75, 3.05) is 6.54 Å². The molecule has 1 saturated carbocycles. The van der Waals surface area contributed by atoms with Crippen LogP contribution < -0.4 is 11.1 Å². The fourth-order valence-electron chi connectivity index (χ4n) is 2.07. The molecule has 0 saturated heterocycles. The fraction of sp³-hybridized carbons (Fsp3) is 0.909. The number of nitrogens with two attached hydrogens (primary N) is 1. The Morgan fingerprint density at radius 1 is 1.57 bits per heavy atom. The van der Waals surface area contributed by atoms with E-state index >= 15 is 0 Å². The zero-order valence-corrected chi connectivity index (χ0v) is 9.25. The molecule has 0 aromatic heterocycles. The van der Waals surface area contributed by atoms with Gasteiger partial charge in [-0.2, -0.15) is 0 Å². The average Bonchev–Trinajstić information content (AvgIpc) is 2.59. The molecule has 1 rings (SSSR count). The van der Waals surface area contributed by atoms with E-state index in [0.717, 1.165) is 12.5 Å². The lowest BCUT2D eigenvalue weighted by Gasteiger charge is -2.17. The van der Waals surface area contributed by atoms with Gasteiger partial charge in [0.05, 0.1) is 6.04 Å². The summed E-state index contributed by atoms with van der Waals surface area (Å²) < 4.78 is 0. The predicted octanol–water partition coefficient (Wildman–Crippen LogP) is 1.28. The molecule has 0 bridgehead atoms. The summed E-state index contributed by atoms with van der Waals surface area (Å²) in [5.74, 6) is 1.43. The monoisotopic (exact) mass is 198 g/mol. The van der Waals surface area contributed by atoms with Crippen LogP contribution in [-0.4, -0.2) is 18.5 Å². The molecular weight excluding hydrogens is 176 g/mol. The average molecular weight is 198 g/mol. The van der Waals surface area contributed by atoms with Crippen LogP contribution in [0.3, 0.4) is 0 Å². The zero-order chi connectivity index (χ0) is 10.6. The Morgan fingerprint density at radius 2 is 2.29 bits per heavy atom. The van der Waals surface area contributed by atoms with Gasteiger partial charge < -0.3 is 11.1 Å². The summed E-state index contributed by atoms with van der Waals surface area (Å²) in [7, 11) is 0. The highest BCUT2D eigenvalue weighted by molar-refractivity contribution is 5.81. The zero-order valence-electron chi connectivity index (χ0n) is 9.25. The van der Waals surface area contributed by atoms with Gasteiger partial charge in [-0.1, -0.05) is 26.7 Å². The summed E-state index contributed by atoms with van der Waals surface area (Å²) in [5.41, 5.74) is 5.62. The molecule has 0 radical (unpaired) electrons. The van der Waals surface area contributed by atoms with Crippen molar-refractivity contribution in [3.63, 3.8) is 0 Å². The van der Waals surface area contributed by atoms with E-state index in [-0.39, 0.29) is 11.9 Å². The summed E-state index contributed by atoms with van der Waals surface area (Å²) >= 11 is 0. The number of nitrogens with one attached hydrogen (secondary N) is 1. The van der Waals surface area contributed by atoms with Crippen LogP contribution in [-0.2, 0) is 4.79 Å². The van der Waals surface area contributed by atoms with Gasteiger partial charge in [-0.25, -0.2) is 0 Å². The van der Waals surface area contributed by atoms with Crippen molar-refractivity contribution in [3.05, 3.63) is 0 Å². The first-order valence-corrected chi connectivity index (χ1v) is 5.68. The molecule has 14 heavy (non-hydrogen) atoms. The maximum atomic E-state index is 11.4. The molecule has 0 aromatic carbocycles. The van der Waals surface area contributed by atoms with Crippen molar-refractivity contribution >= 4 is 5.91 Å². The number of amides is 1. The third-order valence-electron chi connectivity index (χ3n) is 3.35. The van der Waals surface area contributed by atoms with Gasteiger partial charge in [-0.15, -0.1) is 0 Å². The van der Waals surface area contributed by atoms with Gasteiger partial charge >= 0.3 is 0 Å². The number of rotatable bonds is 4. The molecule has 1 aliphatic carbocycles. The van der Waals surface area contributed by atoms with Crippen molar-refractivity contribution in [1.29, 1.82) is 0 Å². The molecule has 3 atom stereocenters. The smallest absolute Gasteiger partial charge is 0.236 e. The maximum Gasteiger partial charge on any atom is 0.236 e. The molecule has 3 nitrogen and oxygen atoms in total. The first-order valence-electron chi connectivity index (χ1n) is 5.68. The summed E-state index contributed by atoms with van der Waals surface area (Å²) in [6, 6.07) is -0.327. The standard InChI is InChI=1S/C11H22N2O/c1-3-10(12)11(14)13-7-9-6-4-5-8(9)2/h8-10H,3-7,12H2,1-2H3,(H,13,14)/t8?,9?,10-/m1/s1. The second-order valence-electron chi connectivity index (χ2n) is 4.43. The van der Waals surface area contributed by atoms with Crippen molar-refractivity contribution in [1.82, 2.24) is 5.32 Å². The quantitative estimate of drug-likeness (QED) is 0.715. The second kappa shape index (κ2) is 5.35. The van der Waals surface area contributed by atoms with Crippen LogP contribution in [0, 0.1) is 11.8 Å². The number of carbonyl (C=O) groups is 1. The van der Waals surface area contributed by atoms with E-state index < -0.39 is 0 Å². The van der Waals surface area contributed by atoms with E-state index in [1.54, 1.807) is 0 Å². The Kier molecular flexibility index (Phi) is 4.39. The van der Waals surface area contributed by atoms with Gasteiger partial charge in [0.25, 0.3) is 0 Å². The first-order chi connectivity index (χ1) is 6.65. The lowest BCUT2D eigenvalue weighted by Crippen LogP contribution is -2.42. The SMILES string of the molecule is CC[C@@H](N)C(=O)NCC1CCCC1C. The van der Waals surface area contributed by atoms with E-state index in [1.807, 2.05) is 6.92 Å². The Bertz CT molecular complexity index is 194. The Hall–Kier alpha value is -0.570. The first kappa shape index (κ1) is 11.5. The van der Waals surface area contributed by atoms with Gasteiger partial charge in [-0.3, -0.25) is 4.79 Å². The summed E-state index contributed by atoms with van der Waals surface area (Å²) in [6.07, 6.45) is 4.58. The summed E-state index contributed by atoms with van der Waals surface area (Å²) in [5, 5.41) is 2.94. The largest absolute Gasteiger partial charge is 0.354 e. The molecule has 3 heteroatoms. The molecule has 1 fully saturated rings. The van der Waals surface area contributed by atoms with E-state index in [4.69, 9.17) is 5.73 Å². The molecule has 0 spiro atoms. The minimum absolute atomic E-state index is 0.00611. The number of hydrogen-bond donors (Lipinski definition) is 2. The summed E-state index contributed by atoms with van der Waals surface area (Å²) in [6.45, 7) is 5.01. The maximum absolute atomic E-state index is 11.4. The highest BCUT2D eigenvalue weighted by Crippen LogP contribution is 2.30. The lowest BCUT2D eigenvalue weighted by atomic mass is 9.98. The van der Waals surface area contributed by atoms with Crippen molar-refractivity contribution < 1.29 is 4.79 Å². The van der Waals surface area contributed by atoms with Crippen LogP contribution in [0.15, 0.2) is 0 Å². The number of hydrogen-bond acceptors (Lipinski definition) is 2. The van der Waals surface area contributed by atoms with Crippen LogP contribution in [0.5, 0.6) is 0 Å². The van der Waals surface area contributed by atoms with Crippen LogP contribution in [0.1, 0.15) is 39.5 Å². The minimum Gasteiger partial charge on any atom is -0.354 e. The van der Waals surface area contributed by atoms with E-state index in [2.05, 4.69) is 12.2 Å². The van der Waals surface area contributed by atoms with E-state index in [0.29, 0.717) is 12.3 Å². The molecule has 0 aromatic rings. The van der Waals surface area contributed by atoms with Gasteiger partial charge in [0, 0.05) is 6.54 Å². The Labute approximate surface area is 86.4 Å². The normalized spacial score (nSPS) is 28.8. The van der Waals surface area contributed by atoms with Gasteiger partial charge in [0.15, 0.2) is 0 Å². The molecule has 3 N–H and O–H groups in total. The topological polar surface area (TPSA) is 55.1 Å². The van der Waals surface area contributed by atoms with Gasteiger partial charge in [-0.05, 0) is 24.7 Å². The predicted molar refractivity (Wildman–Crippen MR) is 57.8 cm³/mol. The van der Waals surface area contributed by atoms with E-state index in [1.165, 1.54) is 19.3 Å². The van der Waals surface area contributed by atoms with Gasteiger partial charge in [0.1, 0.15) is 0 Å². The van der Waals surface area contributed by atoms with Crippen LogP contribution >= 0.6 is 0 Å². The molecule has 0 heterocycles. The Morgan fingerprint density at radius 3 is 2.79 bits per heavy atom. The third-order valence-corrected chi connectivity index (χ3v) is 3.35. The van der Waals surface area contributed by atoms with Crippen LogP contribution in [0.2, 0.25) is 0 Å². The third kappa shape index (κ3) is 2.98. The molecule has 0 aliphatic heterocycles. The molecular formula is C11H22N2O. The summed E-state index contributed by atoms with van der Waals surface area (Å²) in [4.78, 5) is 11.4. The number of carbonyl (C=O) groups excluding carboxylic acids is 1. The van der Waals surface area contributed by atoms with Crippen LogP contribution in [0.4, 0.5) is 0 Å². The molecule has 82 valence electrons. The molecule has 1 aliphatic rings. The highest BCUT2D eigenvalue weighted by atomic mass is 16.2. The highest BCUT2D eigenvalue weighted by Gasteiger charge is 2.24. The van der Waals surface area contributed by atoms with E-state index in [9.17, 15) is 4.79 Å². The molecule has 2 unspecified atom stereocenters.